The van der Waals surface area contributed by atoms with E-state index in [1.54, 1.807) is 4.31 Å². The van der Waals surface area contributed by atoms with Crippen LogP contribution in [0.25, 0.3) is 0 Å². The number of hydrogen-bond donors (Lipinski definition) is 2. The normalized spacial score (nSPS) is 20.9. The molecule has 2 aliphatic rings. The van der Waals surface area contributed by atoms with Gasteiger partial charge in [-0.25, -0.2) is 13.2 Å². The highest BCUT2D eigenvalue weighted by molar-refractivity contribution is 7.89. The van der Waals surface area contributed by atoms with Crippen LogP contribution in [-0.2, 0) is 10.0 Å². The lowest BCUT2D eigenvalue weighted by Crippen LogP contribution is -2.50. The number of nitrogens with zero attached hydrogens (tertiary/aromatic N) is 1. The van der Waals surface area contributed by atoms with Gasteiger partial charge in [0, 0.05) is 17.8 Å². The SMILES string of the molecule is Cc1[nH]c(=O)[nH]c(=O)c1S(=O)(=O)N(C1CCCCC1)C1CCCCC1. The van der Waals surface area contributed by atoms with Gasteiger partial charge in [0.15, 0.2) is 4.90 Å². The predicted octanol–water partition coefficient (Wildman–Crippen LogP) is 2.03. The lowest BCUT2D eigenvalue weighted by Gasteiger charge is -2.40. The maximum absolute atomic E-state index is 13.5. The molecule has 8 heteroatoms. The number of H-pyrrole nitrogens is 2. The Bertz CT molecular complexity index is 797. The van der Waals surface area contributed by atoms with E-state index in [0.29, 0.717) is 0 Å². The van der Waals surface area contributed by atoms with Crippen molar-refractivity contribution in [2.75, 3.05) is 0 Å². The van der Waals surface area contributed by atoms with E-state index in [0.717, 1.165) is 64.2 Å². The number of aromatic amines is 2. The molecule has 0 radical (unpaired) electrons. The highest BCUT2D eigenvalue weighted by atomic mass is 32.2. The number of rotatable bonds is 4. The Morgan fingerprint density at radius 3 is 1.76 bits per heavy atom. The molecule has 0 aliphatic heterocycles. The zero-order valence-corrected chi connectivity index (χ0v) is 15.5. The van der Waals surface area contributed by atoms with Gasteiger partial charge in [0.25, 0.3) is 15.6 Å². The molecule has 1 heterocycles. The van der Waals surface area contributed by atoms with Gasteiger partial charge in [-0.1, -0.05) is 38.5 Å². The first-order valence-electron chi connectivity index (χ1n) is 9.28. The van der Waals surface area contributed by atoms with E-state index >= 15 is 0 Å². The van der Waals surface area contributed by atoms with Gasteiger partial charge < -0.3 is 4.98 Å². The molecule has 0 amide bonds. The van der Waals surface area contributed by atoms with Gasteiger partial charge in [-0.05, 0) is 32.6 Å². The van der Waals surface area contributed by atoms with Crippen molar-refractivity contribution >= 4 is 10.0 Å². The first-order chi connectivity index (χ1) is 11.9. The van der Waals surface area contributed by atoms with Crippen LogP contribution in [0.3, 0.4) is 0 Å². The molecule has 2 fully saturated rings. The molecule has 140 valence electrons. The zero-order valence-electron chi connectivity index (χ0n) is 14.7. The first-order valence-corrected chi connectivity index (χ1v) is 10.7. The van der Waals surface area contributed by atoms with Crippen LogP contribution < -0.4 is 11.2 Å². The van der Waals surface area contributed by atoms with Crippen molar-refractivity contribution in [1.29, 1.82) is 0 Å². The molecule has 0 bridgehead atoms. The standard InChI is InChI=1S/C17H27N3O4S/c1-12-15(16(21)19-17(22)18-12)25(23,24)20(13-8-4-2-5-9-13)14-10-6-3-7-11-14/h13-14H,2-11H2,1H3,(H2,18,19,21,22). The Morgan fingerprint density at radius 1 is 0.840 bits per heavy atom. The average molecular weight is 369 g/mol. The zero-order chi connectivity index (χ0) is 18.0. The minimum Gasteiger partial charge on any atom is -0.310 e. The van der Waals surface area contributed by atoms with Crippen molar-refractivity contribution < 1.29 is 8.42 Å². The lowest BCUT2D eigenvalue weighted by molar-refractivity contribution is 0.169. The van der Waals surface area contributed by atoms with Crippen LogP contribution in [0.4, 0.5) is 0 Å². The maximum atomic E-state index is 13.5. The summed E-state index contributed by atoms with van der Waals surface area (Å²) in [5.41, 5.74) is -1.38. The third-order valence-electron chi connectivity index (χ3n) is 5.48. The van der Waals surface area contributed by atoms with Crippen molar-refractivity contribution in [2.24, 2.45) is 0 Å². The summed E-state index contributed by atoms with van der Waals surface area (Å²) < 4.78 is 28.6. The molecule has 0 atom stereocenters. The van der Waals surface area contributed by atoms with Gasteiger partial charge in [0.2, 0.25) is 0 Å². The summed E-state index contributed by atoms with van der Waals surface area (Å²) in [6.45, 7) is 1.48. The van der Waals surface area contributed by atoms with E-state index in [2.05, 4.69) is 9.97 Å². The molecule has 2 N–H and O–H groups in total. The lowest BCUT2D eigenvalue weighted by atomic mass is 9.91. The molecule has 0 spiro atoms. The smallest absolute Gasteiger partial charge is 0.310 e. The molecule has 0 unspecified atom stereocenters. The number of hydrogen-bond acceptors (Lipinski definition) is 4. The van der Waals surface area contributed by atoms with Gasteiger partial charge >= 0.3 is 5.69 Å². The van der Waals surface area contributed by atoms with E-state index in [1.807, 2.05) is 0 Å². The van der Waals surface area contributed by atoms with E-state index in [4.69, 9.17) is 0 Å². The fourth-order valence-corrected chi connectivity index (χ4v) is 6.51. The topological polar surface area (TPSA) is 103 Å². The molecule has 2 aliphatic carbocycles. The van der Waals surface area contributed by atoms with Crippen molar-refractivity contribution in [2.45, 2.75) is 88.1 Å². The average Bonchev–Trinajstić information content (AvgIpc) is 2.55. The maximum Gasteiger partial charge on any atom is 0.325 e. The van der Waals surface area contributed by atoms with Crippen LogP contribution >= 0.6 is 0 Å². The molecule has 1 aromatic heterocycles. The largest absolute Gasteiger partial charge is 0.325 e. The van der Waals surface area contributed by atoms with Crippen LogP contribution in [0.15, 0.2) is 14.5 Å². The Hall–Kier alpha value is -1.41. The second kappa shape index (κ2) is 7.45. The van der Waals surface area contributed by atoms with Crippen LogP contribution in [0.5, 0.6) is 0 Å². The predicted molar refractivity (Wildman–Crippen MR) is 95.2 cm³/mol. The highest BCUT2D eigenvalue weighted by Crippen LogP contribution is 2.34. The van der Waals surface area contributed by atoms with Gasteiger partial charge in [-0.15, -0.1) is 0 Å². The first kappa shape index (κ1) is 18.4. The molecule has 1 aromatic rings. The summed E-state index contributed by atoms with van der Waals surface area (Å²) in [5, 5.41) is 0. The summed E-state index contributed by atoms with van der Waals surface area (Å²) in [7, 11) is -3.96. The molecule has 2 saturated carbocycles. The second-order valence-electron chi connectivity index (χ2n) is 7.28. The number of nitrogens with one attached hydrogen (secondary N) is 2. The molecular formula is C17H27N3O4S. The number of aryl methyl sites for hydroxylation is 1. The molecule has 0 saturated heterocycles. The number of aromatic nitrogens is 2. The highest BCUT2D eigenvalue weighted by Gasteiger charge is 2.40. The molecule has 25 heavy (non-hydrogen) atoms. The van der Waals surface area contributed by atoms with Crippen LogP contribution in [0.1, 0.15) is 69.9 Å². The minimum atomic E-state index is -3.96. The van der Waals surface area contributed by atoms with Crippen molar-refractivity contribution in [1.82, 2.24) is 14.3 Å². The van der Waals surface area contributed by atoms with Gasteiger partial charge in [-0.3, -0.25) is 9.78 Å². The third kappa shape index (κ3) is 3.74. The summed E-state index contributed by atoms with van der Waals surface area (Å²) >= 11 is 0. The Kier molecular flexibility index (Phi) is 5.48. The summed E-state index contributed by atoms with van der Waals surface area (Å²) in [6, 6.07) is -0.0971. The summed E-state index contributed by atoms with van der Waals surface area (Å²) in [4.78, 5) is 27.9. The van der Waals surface area contributed by atoms with Crippen LogP contribution in [0, 0.1) is 6.92 Å². The van der Waals surface area contributed by atoms with E-state index in [9.17, 15) is 18.0 Å². The van der Waals surface area contributed by atoms with Gasteiger partial charge in [-0.2, -0.15) is 4.31 Å². The number of sulfonamides is 1. The fourth-order valence-electron chi connectivity index (χ4n) is 4.37. The minimum absolute atomic E-state index is 0.0485. The van der Waals surface area contributed by atoms with E-state index in [-0.39, 0.29) is 22.7 Å². The molecule has 7 nitrogen and oxygen atoms in total. The molecular weight excluding hydrogens is 342 g/mol. The van der Waals surface area contributed by atoms with Gasteiger partial charge in [0.05, 0.1) is 0 Å². The Balaban J connectivity index is 2.07. The van der Waals surface area contributed by atoms with Gasteiger partial charge in [0.1, 0.15) is 0 Å². The van der Waals surface area contributed by atoms with Crippen LogP contribution in [0.2, 0.25) is 0 Å². The summed E-state index contributed by atoms with van der Waals surface area (Å²) in [6.07, 6.45) is 9.71. The van der Waals surface area contributed by atoms with Crippen molar-refractivity contribution in [3.8, 4) is 0 Å². The Morgan fingerprint density at radius 2 is 1.32 bits per heavy atom. The van der Waals surface area contributed by atoms with Crippen LogP contribution in [-0.4, -0.2) is 34.8 Å². The molecule has 0 aromatic carbocycles. The van der Waals surface area contributed by atoms with E-state index in [1.165, 1.54) is 6.92 Å². The monoisotopic (exact) mass is 369 g/mol. The fraction of sp³-hybridized carbons (Fsp3) is 0.765. The van der Waals surface area contributed by atoms with Crippen molar-refractivity contribution in [3.63, 3.8) is 0 Å². The quantitative estimate of drug-likeness (QED) is 0.847. The Labute approximate surface area is 147 Å². The van der Waals surface area contributed by atoms with E-state index < -0.39 is 21.3 Å². The molecule has 3 rings (SSSR count). The third-order valence-corrected chi connectivity index (χ3v) is 7.64. The van der Waals surface area contributed by atoms with Crippen molar-refractivity contribution in [3.05, 3.63) is 26.5 Å². The second-order valence-corrected chi connectivity index (χ2v) is 9.06. The summed E-state index contributed by atoms with van der Waals surface area (Å²) in [5.74, 6) is 0.